The van der Waals surface area contributed by atoms with Gasteiger partial charge in [-0.05, 0) is 13.8 Å². The zero-order chi connectivity index (χ0) is 12.3. The van der Waals surface area contributed by atoms with Gasteiger partial charge in [0.25, 0.3) is 0 Å². The Hall–Kier alpha value is -1.27. The highest BCUT2D eigenvalue weighted by atomic mass is 16.5. The summed E-state index contributed by atoms with van der Waals surface area (Å²) in [7, 11) is 0. The summed E-state index contributed by atoms with van der Waals surface area (Å²) in [6.45, 7) is 5.89. The maximum absolute atomic E-state index is 12.0. The van der Waals surface area contributed by atoms with Gasteiger partial charge in [0, 0.05) is 12.6 Å². The highest BCUT2D eigenvalue weighted by Gasteiger charge is 2.23. The second-order valence-electron chi connectivity index (χ2n) is 4.44. The van der Waals surface area contributed by atoms with E-state index in [-0.39, 0.29) is 17.9 Å². The van der Waals surface area contributed by atoms with Gasteiger partial charge in [0.15, 0.2) is 5.78 Å². The molecular formula is C11H18N4O2. The molecule has 0 bridgehead atoms. The first kappa shape index (κ1) is 12.2. The highest BCUT2D eigenvalue weighted by Crippen LogP contribution is 2.07. The van der Waals surface area contributed by atoms with Crippen LogP contribution < -0.4 is 5.32 Å². The van der Waals surface area contributed by atoms with Gasteiger partial charge in [-0.2, -0.15) is 5.10 Å². The third-order valence-corrected chi connectivity index (χ3v) is 2.78. The van der Waals surface area contributed by atoms with Gasteiger partial charge in [-0.1, -0.05) is 0 Å². The van der Waals surface area contributed by atoms with E-state index >= 15 is 0 Å². The van der Waals surface area contributed by atoms with Crippen LogP contribution in [0.1, 0.15) is 25.7 Å². The van der Waals surface area contributed by atoms with Gasteiger partial charge in [-0.25, -0.2) is 9.67 Å². The Bertz CT molecular complexity index is 383. The third kappa shape index (κ3) is 2.89. The molecule has 0 spiro atoms. The molecule has 1 aromatic rings. The number of hydrogen-bond acceptors (Lipinski definition) is 5. The first-order valence-corrected chi connectivity index (χ1v) is 5.90. The number of ether oxygens (including phenoxy) is 1. The van der Waals surface area contributed by atoms with E-state index in [2.05, 4.69) is 15.4 Å². The molecule has 0 aromatic carbocycles. The first-order chi connectivity index (χ1) is 8.18. The molecule has 1 aromatic heterocycles. The number of hydrogen-bond donors (Lipinski definition) is 1. The lowest BCUT2D eigenvalue weighted by molar-refractivity contribution is -0.123. The minimum absolute atomic E-state index is 0.111. The van der Waals surface area contributed by atoms with E-state index in [1.807, 2.05) is 13.8 Å². The lowest BCUT2D eigenvalue weighted by Crippen LogP contribution is -2.47. The number of Topliss-reactive ketones (excluding diaryl/α,β-unsaturated/α-hetero) is 1. The quantitative estimate of drug-likeness (QED) is 0.797. The van der Waals surface area contributed by atoms with E-state index in [4.69, 9.17) is 4.74 Å². The maximum Gasteiger partial charge on any atom is 0.159 e. The number of rotatable bonds is 4. The molecule has 2 heterocycles. The Kier molecular flexibility index (Phi) is 3.86. The summed E-state index contributed by atoms with van der Waals surface area (Å²) in [6.07, 6.45) is 1.80. The van der Waals surface area contributed by atoms with E-state index in [1.165, 1.54) is 6.33 Å². The van der Waals surface area contributed by atoms with E-state index < -0.39 is 0 Å². The van der Waals surface area contributed by atoms with Crippen LogP contribution in [0.5, 0.6) is 0 Å². The van der Waals surface area contributed by atoms with Gasteiger partial charge in [-0.3, -0.25) is 4.79 Å². The summed E-state index contributed by atoms with van der Waals surface area (Å²) in [4.78, 5) is 16.2. The molecule has 1 N–H and O–H groups in total. The molecule has 6 nitrogen and oxygen atoms in total. The van der Waals surface area contributed by atoms with Crippen LogP contribution in [-0.4, -0.2) is 46.3 Å². The standard InChI is InChI=1S/C11H18N4O2/c1-8(2)15-11(13-7-14-15)5-10(16)9-6-17-4-3-12-9/h7-9,12H,3-6H2,1-2H3. The molecule has 1 atom stereocenters. The zero-order valence-electron chi connectivity index (χ0n) is 10.2. The molecular weight excluding hydrogens is 220 g/mol. The van der Waals surface area contributed by atoms with E-state index in [0.717, 1.165) is 12.4 Å². The van der Waals surface area contributed by atoms with Gasteiger partial charge in [0.1, 0.15) is 12.2 Å². The average molecular weight is 238 g/mol. The normalized spacial score (nSPS) is 20.8. The Balaban J connectivity index is 1.99. The van der Waals surface area contributed by atoms with Gasteiger partial charge in [0.05, 0.1) is 25.7 Å². The Labute approximate surface area is 100 Å². The number of carbonyl (C=O) groups is 1. The molecule has 1 aliphatic heterocycles. The fourth-order valence-corrected chi connectivity index (χ4v) is 1.88. The molecule has 94 valence electrons. The Morgan fingerprint density at radius 1 is 1.71 bits per heavy atom. The molecule has 0 amide bonds. The molecule has 6 heteroatoms. The summed E-state index contributed by atoms with van der Waals surface area (Å²) in [5, 5.41) is 7.26. The van der Waals surface area contributed by atoms with Gasteiger partial charge in [0.2, 0.25) is 0 Å². The maximum atomic E-state index is 12.0. The topological polar surface area (TPSA) is 69.0 Å². The fourth-order valence-electron chi connectivity index (χ4n) is 1.88. The lowest BCUT2D eigenvalue weighted by Gasteiger charge is -2.22. The summed E-state index contributed by atoms with van der Waals surface area (Å²) in [6, 6.07) is 0.0110. The van der Waals surface area contributed by atoms with Crippen molar-refractivity contribution < 1.29 is 9.53 Å². The van der Waals surface area contributed by atoms with Crippen molar-refractivity contribution in [3.8, 4) is 0 Å². The predicted molar refractivity (Wildman–Crippen MR) is 61.7 cm³/mol. The number of nitrogens with zero attached hydrogens (tertiary/aromatic N) is 3. The number of nitrogens with one attached hydrogen (secondary N) is 1. The molecule has 0 saturated carbocycles. The second kappa shape index (κ2) is 5.37. The van der Waals surface area contributed by atoms with Gasteiger partial charge < -0.3 is 10.1 Å². The first-order valence-electron chi connectivity index (χ1n) is 5.90. The van der Waals surface area contributed by atoms with Crippen molar-refractivity contribution in [3.63, 3.8) is 0 Å². The molecule has 17 heavy (non-hydrogen) atoms. The summed E-state index contributed by atoms with van der Waals surface area (Å²) in [5.74, 6) is 0.831. The van der Waals surface area contributed by atoms with Crippen molar-refractivity contribution >= 4 is 5.78 Å². The van der Waals surface area contributed by atoms with Crippen LogP contribution in [0.15, 0.2) is 6.33 Å². The molecule has 0 aliphatic carbocycles. The summed E-state index contributed by atoms with van der Waals surface area (Å²) >= 11 is 0. The third-order valence-electron chi connectivity index (χ3n) is 2.78. The van der Waals surface area contributed by atoms with Crippen molar-refractivity contribution in [2.75, 3.05) is 19.8 Å². The van der Waals surface area contributed by atoms with Crippen LogP contribution in [0.3, 0.4) is 0 Å². The van der Waals surface area contributed by atoms with Crippen LogP contribution in [0.4, 0.5) is 0 Å². The average Bonchev–Trinajstić information content (AvgIpc) is 2.78. The minimum atomic E-state index is -0.207. The smallest absolute Gasteiger partial charge is 0.159 e. The van der Waals surface area contributed by atoms with E-state index in [9.17, 15) is 4.79 Å². The van der Waals surface area contributed by atoms with Crippen molar-refractivity contribution in [1.82, 2.24) is 20.1 Å². The monoisotopic (exact) mass is 238 g/mol. The second-order valence-corrected chi connectivity index (χ2v) is 4.44. The number of morpholine rings is 1. The molecule has 1 fully saturated rings. The fraction of sp³-hybridized carbons (Fsp3) is 0.727. The van der Waals surface area contributed by atoms with Gasteiger partial charge >= 0.3 is 0 Å². The number of carbonyl (C=O) groups excluding carboxylic acids is 1. The van der Waals surface area contributed by atoms with Crippen molar-refractivity contribution in [3.05, 3.63) is 12.2 Å². The van der Waals surface area contributed by atoms with E-state index in [0.29, 0.717) is 19.6 Å². The van der Waals surface area contributed by atoms with Crippen LogP contribution in [-0.2, 0) is 16.0 Å². The van der Waals surface area contributed by atoms with Crippen molar-refractivity contribution in [2.45, 2.75) is 32.4 Å². The highest BCUT2D eigenvalue weighted by molar-refractivity contribution is 5.85. The summed E-state index contributed by atoms with van der Waals surface area (Å²) < 4.78 is 7.05. The molecule has 1 unspecified atom stereocenters. The van der Waals surface area contributed by atoms with Crippen molar-refractivity contribution in [1.29, 1.82) is 0 Å². The largest absolute Gasteiger partial charge is 0.378 e. The SMILES string of the molecule is CC(C)n1ncnc1CC(=O)C1COCCN1. The van der Waals surface area contributed by atoms with Crippen LogP contribution in [0, 0.1) is 0 Å². The predicted octanol–water partition coefficient (Wildman–Crippen LogP) is -0.0410. The molecule has 1 saturated heterocycles. The zero-order valence-corrected chi connectivity index (χ0v) is 10.2. The minimum Gasteiger partial charge on any atom is -0.378 e. The van der Waals surface area contributed by atoms with Crippen LogP contribution >= 0.6 is 0 Å². The van der Waals surface area contributed by atoms with Crippen LogP contribution in [0.25, 0.3) is 0 Å². The Morgan fingerprint density at radius 3 is 3.18 bits per heavy atom. The molecule has 1 aliphatic rings. The lowest BCUT2D eigenvalue weighted by atomic mass is 10.1. The number of ketones is 1. The van der Waals surface area contributed by atoms with Gasteiger partial charge in [-0.15, -0.1) is 0 Å². The number of aromatic nitrogens is 3. The molecule has 0 radical (unpaired) electrons. The van der Waals surface area contributed by atoms with Crippen LogP contribution in [0.2, 0.25) is 0 Å². The van der Waals surface area contributed by atoms with Crippen molar-refractivity contribution in [2.24, 2.45) is 0 Å². The Morgan fingerprint density at radius 2 is 2.53 bits per heavy atom. The van der Waals surface area contributed by atoms with E-state index in [1.54, 1.807) is 4.68 Å². The molecule has 2 rings (SSSR count). The summed E-state index contributed by atoms with van der Waals surface area (Å²) in [5.41, 5.74) is 0.